The largest absolute Gasteiger partial charge is 0.411 e. The molecule has 0 aliphatic heterocycles. The van der Waals surface area contributed by atoms with Crippen molar-refractivity contribution >= 4 is 17.8 Å². The maximum Gasteiger partial charge on any atom is 0.270 e. The van der Waals surface area contributed by atoms with Gasteiger partial charge >= 0.3 is 0 Å². The molecular formula is C10H14N2O2. The second kappa shape index (κ2) is 7.79. The molecule has 2 N–H and O–H groups in total. The van der Waals surface area contributed by atoms with E-state index in [4.69, 9.17) is 5.21 Å². The van der Waals surface area contributed by atoms with Gasteiger partial charge in [-0.15, -0.1) is 0 Å². The van der Waals surface area contributed by atoms with Crippen LogP contribution in [0.15, 0.2) is 35.5 Å². The van der Waals surface area contributed by atoms with Gasteiger partial charge in [0.05, 0.1) is 0 Å². The molecule has 0 spiro atoms. The molecule has 0 aliphatic rings. The molecule has 0 unspecified atom stereocenters. The molecule has 0 aromatic heterocycles. The third-order valence-electron chi connectivity index (χ3n) is 1.22. The summed E-state index contributed by atoms with van der Waals surface area (Å²) in [4.78, 5) is 10.8. The molecule has 0 bridgehead atoms. The number of benzene rings is 1. The zero-order valence-electron chi connectivity index (χ0n) is 8.27. The van der Waals surface area contributed by atoms with Crippen LogP contribution < -0.4 is 5.32 Å². The third-order valence-corrected chi connectivity index (χ3v) is 1.22. The summed E-state index contributed by atoms with van der Waals surface area (Å²) in [5.41, 5.74) is 0.669. The van der Waals surface area contributed by atoms with Crippen molar-refractivity contribution in [1.82, 2.24) is 0 Å². The fourth-order valence-electron chi connectivity index (χ4n) is 0.748. The van der Waals surface area contributed by atoms with E-state index < -0.39 is 5.91 Å². The highest BCUT2D eigenvalue weighted by Crippen LogP contribution is 2.03. The zero-order chi connectivity index (χ0) is 10.8. The summed E-state index contributed by atoms with van der Waals surface area (Å²) in [7, 11) is 0. The summed E-state index contributed by atoms with van der Waals surface area (Å²) in [6.45, 7) is 4.00. The van der Waals surface area contributed by atoms with Crippen LogP contribution in [0.5, 0.6) is 0 Å². The maximum atomic E-state index is 10.8. The number of hydrogen-bond donors (Lipinski definition) is 2. The quantitative estimate of drug-likeness (QED) is 0.430. The number of amides is 1. The van der Waals surface area contributed by atoms with Crippen LogP contribution in [0.4, 0.5) is 5.69 Å². The molecule has 76 valence electrons. The lowest BCUT2D eigenvalue weighted by molar-refractivity contribution is -0.110. The minimum absolute atomic E-state index is 0.455. The summed E-state index contributed by atoms with van der Waals surface area (Å²) in [5.74, 6) is -0.455. The SMILES string of the molecule is CC.O=C(/C=N\O)Nc1ccccc1. The number of hydrogen-bond acceptors (Lipinski definition) is 3. The van der Waals surface area contributed by atoms with Crippen LogP contribution in [0.3, 0.4) is 0 Å². The predicted molar refractivity (Wildman–Crippen MR) is 56.7 cm³/mol. The lowest BCUT2D eigenvalue weighted by Crippen LogP contribution is -2.12. The van der Waals surface area contributed by atoms with Gasteiger partial charge in [0.1, 0.15) is 6.21 Å². The third kappa shape index (κ3) is 4.92. The Bertz CT molecular complexity index is 283. The average Bonchev–Trinajstić information content (AvgIpc) is 2.22. The summed E-state index contributed by atoms with van der Waals surface area (Å²) in [5, 5.41) is 13.1. The summed E-state index contributed by atoms with van der Waals surface area (Å²) >= 11 is 0. The molecule has 0 aliphatic carbocycles. The molecule has 1 amide bonds. The number of nitrogens with one attached hydrogen (secondary N) is 1. The van der Waals surface area contributed by atoms with E-state index in [0.29, 0.717) is 5.69 Å². The molecule has 0 saturated carbocycles. The van der Waals surface area contributed by atoms with E-state index in [0.717, 1.165) is 6.21 Å². The molecule has 0 atom stereocenters. The number of anilines is 1. The Balaban J connectivity index is 0.000000791. The molecule has 0 radical (unpaired) electrons. The fraction of sp³-hybridized carbons (Fsp3) is 0.200. The van der Waals surface area contributed by atoms with Crippen molar-refractivity contribution in [3.8, 4) is 0 Å². The summed E-state index contributed by atoms with van der Waals surface area (Å²) < 4.78 is 0. The first-order valence-electron chi connectivity index (χ1n) is 4.36. The van der Waals surface area contributed by atoms with Crippen molar-refractivity contribution < 1.29 is 10.0 Å². The summed E-state index contributed by atoms with van der Waals surface area (Å²) in [6, 6.07) is 8.92. The molecule has 14 heavy (non-hydrogen) atoms. The van der Waals surface area contributed by atoms with E-state index in [9.17, 15) is 4.79 Å². The van der Waals surface area contributed by atoms with Crippen LogP contribution in [0, 0.1) is 0 Å². The minimum atomic E-state index is -0.455. The molecule has 1 aromatic rings. The molecule has 4 nitrogen and oxygen atoms in total. The van der Waals surface area contributed by atoms with E-state index in [-0.39, 0.29) is 0 Å². The lowest BCUT2D eigenvalue weighted by atomic mass is 10.3. The van der Waals surface area contributed by atoms with E-state index >= 15 is 0 Å². The number of rotatable bonds is 2. The van der Waals surface area contributed by atoms with Gasteiger partial charge in [-0.25, -0.2) is 0 Å². The fourth-order valence-corrected chi connectivity index (χ4v) is 0.748. The smallest absolute Gasteiger partial charge is 0.270 e. The van der Waals surface area contributed by atoms with Gasteiger partial charge in [0.25, 0.3) is 5.91 Å². The Labute approximate surface area is 83.3 Å². The Morgan fingerprint density at radius 2 is 1.93 bits per heavy atom. The first-order chi connectivity index (χ1) is 6.83. The molecule has 0 fully saturated rings. The normalized spacial score (nSPS) is 9.00. The van der Waals surface area contributed by atoms with Crippen LogP contribution in [0.25, 0.3) is 0 Å². The second-order valence-corrected chi connectivity index (χ2v) is 2.10. The first-order valence-corrected chi connectivity index (χ1v) is 4.36. The lowest BCUT2D eigenvalue weighted by Gasteiger charge is -1.98. The first kappa shape index (κ1) is 12.2. The van der Waals surface area contributed by atoms with Crippen molar-refractivity contribution in [3.63, 3.8) is 0 Å². The highest BCUT2D eigenvalue weighted by Gasteiger charge is 1.95. The molecule has 1 rings (SSSR count). The van der Waals surface area contributed by atoms with Crippen LogP contribution in [0.2, 0.25) is 0 Å². The van der Waals surface area contributed by atoms with Crippen LogP contribution >= 0.6 is 0 Å². The van der Waals surface area contributed by atoms with E-state index in [2.05, 4.69) is 10.5 Å². The average molecular weight is 194 g/mol. The van der Waals surface area contributed by atoms with Crippen molar-refractivity contribution in [2.75, 3.05) is 5.32 Å². The van der Waals surface area contributed by atoms with E-state index in [1.165, 1.54) is 0 Å². The van der Waals surface area contributed by atoms with E-state index in [1.807, 2.05) is 19.9 Å². The highest BCUT2D eigenvalue weighted by atomic mass is 16.4. The van der Waals surface area contributed by atoms with Crippen LogP contribution in [-0.4, -0.2) is 17.3 Å². The molecule has 4 heteroatoms. The monoisotopic (exact) mass is 194 g/mol. The number of carbonyl (C=O) groups excluding carboxylic acids is 1. The minimum Gasteiger partial charge on any atom is -0.411 e. The number of nitrogens with zero attached hydrogens (tertiary/aromatic N) is 1. The van der Waals surface area contributed by atoms with E-state index in [1.54, 1.807) is 24.3 Å². The molecular weight excluding hydrogens is 180 g/mol. The number of para-hydroxylation sites is 1. The Hall–Kier alpha value is -1.84. The van der Waals surface area contributed by atoms with Gasteiger partial charge in [0, 0.05) is 5.69 Å². The second-order valence-electron chi connectivity index (χ2n) is 2.10. The standard InChI is InChI=1S/C8H8N2O2.C2H6/c11-8(6-9-12)10-7-4-2-1-3-5-7;1-2/h1-6,12H,(H,10,11);1-2H3/b9-6-;. The Morgan fingerprint density at radius 3 is 2.43 bits per heavy atom. The topological polar surface area (TPSA) is 61.7 Å². The number of oxime groups is 1. The number of carbonyl (C=O) groups is 1. The van der Waals surface area contributed by atoms with Gasteiger partial charge in [0.2, 0.25) is 0 Å². The van der Waals surface area contributed by atoms with Crippen LogP contribution in [0.1, 0.15) is 13.8 Å². The van der Waals surface area contributed by atoms with Gasteiger partial charge in [-0.1, -0.05) is 37.2 Å². The van der Waals surface area contributed by atoms with Crippen molar-refractivity contribution in [1.29, 1.82) is 0 Å². The van der Waals surface area contributed by atoms with Crippen molar-refractivity contribution in [3.05, 3.63) is 30.3 Å². The van der Waals surface area contributed by atoms with Gasteiger partial charge < -0.3 is 10.5 Å². The Kier molecular flexibility index (Phi) is 6.77. The van der Waals surface area contributed by atoms with Gasteiger partial charge in [0.15, 0.2) is 0 Å². The van der Waals surface area contributed by atoms with Crippen molar-refractivity contribution in [2.45, 2.75) is 13.8 Å². The predicted octanol–water partition coefficient (Wildman–Crippen LogP) is 2.11. The van der Waals surface area contributed by atoms with Crippen LogP contribution in [-0.2, 0) is 4.79 Å². The van der Waals surface area contributed by atoms with Crippen molar-refractivity contribution in [2.24, 2.45) is 5.16 Å². The van der Waals surface area contributed by atoms with Gasteiger partial charge in [-0.3, -0.25) is 4.79 Å². The maximum absolute atomic E-state index is 10.8. The Morgan fingerprint density at radius 1 is 1.36 bits per heavy atom. The zero-order valence-corrected chi connectivity index (χ0v) is 8.27. The molecule has 0 saturated heterocycles. The van der Waals surface area contributed by atoms with Gasteiger partial charge in [-0.05, 0) is 12.1 Å². The van der Waals surface area contributed by atoms with Gasteiger partial charge in [-0.2, -0.15) is 0 Å². The summed E-state index contributed by atoms with van der Waals surface area (Å²) in [6.07, 6.45) is 0.799. The molecule has 0 heterocycles. The molecule has 1 aromatic carbocycles. The highest BCUT2D eigenvalue weighted by molar-refractivity contribution is 6.31.